The normalized spacial score (nSPS) is 11.3. The van der Waals surface area contributed by atoms with Gasteiger partial charge >= 0.3 is 0 Å². The van der Waals surface area contributed by atoms with Crippen LogP contribution in [-0.4, -0.2) is 24.5 Å². The maximum atomic E-state index is 5.56. The van der Waals surface area contributed by atoms with Crippen LogP contribution in [0, 0.1) is 5.92 Å². The molecule has 0 aliphatic heterocycles. The van der Waals surface area contributed by atoms with Gasteiger partial charge in [0.05, 0.1) is 6.00 Å². The third-order valence-electron chi connectivity index (χ3n) is 1.29. The van der Waals surface area contributed by atoms with E-state index in [1.54, 1.807) is 0 Å². The lowest BCUT2D eigenvalue weighted by atomic mass is 10.1. The van der Waals surface area contributed by atoms with Gasteiger partial charge in [-0.3, -0.25) is 4.90 Å². The molecule has 9 heavy (non-hydrogen) atoms. The van der Waals surface area contributed by atoms with Crippen LogP contribution < -0.4 is 0 Å². The van der Waals surface area contributed by atoms with E-state index in [0.717, 1.165) is 12.5 Å². The van der Waals surface area contributed by atoms with Crippen molar-refractivity contribution in [1.82, 2.24) is 4.90 Å². The minimum atomic E-state index is 0.646. The Labute approximate surface area is 63.0 Å². The van der Waals surface area contributed by atoms with Gasteiger partial charge in [0, 0.05) is 0 Å². The molecule has 0 aromatic rings. The molecule has 0 heterocycles. The highest BCUT2D eigenvalue weighted by molar-refractivity contribution is 6.17. The minimum Gasteiger partial charge on any atom is -0.293 e. The fraction of sp³-hybridized carbons (Fsp3) is 1.00. The van der Waals surface area contributed by atoms with Gasteiger partial charge in [0.1, 0.15) is 0 Å². The summed E-state index contributed by atoms with van der Waals surface area (Å²) in [6.07, 6.45) is 1.24. The molecule has 0 bridgehead atoms. The van der Waals surface area contributed by atoms with Gasteiger partial charge < -0.3 is 0 Å². The highest BCUT2D eigenvalue weighted by Gasteiger charge is 1.96. The van der Waals surface area contributed by atoms with E-state index in [2.05, 4.69) is 18.7 Å². The van der Waals surface area contributed by atoms with Gasteiger partial charge in [0.15, 0.2) is 0 Å². The number of alkyl halides is 1. The molecule has 0 N–H and O–H groups in total. The van der Waals surface area contributed by atoms with Gasteiger partial charge in [-0.05, 0) is 25.9 Å². The van der Waals surface area contributed by atoms with Gasteiger partial charge in [0.2, 0.25) is 0 Å². The molecule has 0 saturated carbocycles. The molecule has 1 nitrogen and oxygen atoms in total. The van der Waals surface area contributed by atoms with E-state index in [9.17, 15) is 0 Å². The second kappa shape index (κ2) is 5.07. The summed E-state index contributed by atoms with van der Waals surface area (Å²) in [5.74, 6) is 0.788. The van der Waals surface area contributed by atoms with Crippen LogP contribution in [0.2, 0.25) is 0 Å². The Bertz CT molecular complexity index is 63.9. The predicted molar refractivity (Wildman–Crippen MR) is 42.8 cm³/mol. The van der Waals surface area contributed by atoms with Crippen molar-refractivity contribution in [1.29, 1.82) is 0 Å². The summed E-state index contributed by atoms with van der Waals surface area (Å²) < 4.78 is 0. The molecular weight excluding hydrogens is 134 g/mol. The Morgan fingerprint density at radius 2 is 2.00 bits per heavy atom. The minimum absolute atomic E-state index is 0.646. The average Bonchev–Trinajstić information content (AvgIpc) is 1.83. The second-order valence-corrected chi connectivity index (χ2v) is 3.12. The van der Waals surface area contributed by atoms with Crippen LogP contribution >= 0.6 is 11.6 Å². The molecule has 0 atom stereocenters. The van der Waals surface area contributed by atoms with Crippen LogP contribution in [0.15, 0.2) is 0 Å². The van der Waals surface area contributed by atoms with Gasteiger partial charge in [0.25, 0.3) is 0 Å². The first-order valence-corrected chi connectivity index (χ1v) is 3.94. The van der Waals surface area contributed by atoms with Crippen LogP contribution in [-0.2, 0) is 0 Å². The van der Waals surface area contributed by atoms with Crippen molar-refractivity contribution >= 4 is 11.6 Å². The van der Waals surface area contributed by atoms with Crippen molar-refractivity contribution < 1.29 is 0 Å². The molecule has 0 fully saturated rings. The average molecular weight is 150 g/mol. The van der Waals surface area contributed by atoms with Gasteiger partial charge in [-0.15, -0.1) is 11.6 Å². The molecule has 0 spiro atoms. The van der Waals surface area contributed by atoms with E-state index in [4.69, 9.17) is 11.6 Å². The Balaban J connectivity index is 3.06. The smallest absolute Gasteiger partial charge is 0.0735 e. The van der Waals surface area contributed by atoms with Crippen LogP contribution in [0.1, 0.15) is 20.3 Å². The highest BCUT2D eigenvalue weighted by Crippen LogP contribution is 2.00. The highest BCUT2D eigenvalue weighted by atomic mass is 35.5. The fourth-order valence-corrected chi connectivity index (χ4v) is 0.658. The maximum Gasteiger partial charge on any atom is 0.0735 e. The topological polar surface area (TPSA) is 3.24 Å². The molecule has 0 aliphatic rings. The number of hydrogen-bond donors (Lipinski definition) is 0. The van der Waals surface area contributed by atoms with Crippen LogP contribution in [0.4, 0.5) is 0 Å². The molecule has 56 valence electrons. The van der Waals surface area contributed by atoms with Crippen molar-refractivity contribution in [3.05, 3.63) is 0 Å². The zero-order valence-corrected chi connectivity index (χ0v) is 7.28. The molecule has 0 aliphatic carbocycles. The lowest BCUT2D eigenvalue weighted by Gasteiger charge is -2.13. The third-order valence-corrected chi connectivity index (χ3v) is 1.70. The molecule has 0 unspecified atom stereocenters. The Morgan fingerprint density at radius 1 is 1.44 bits per heavy atom. The maximum absolute atomic E-state index is 5.56. The SMILES string of the molecule is CC(C)CCN(C)CCl. The molecule has 0 rings (SSSR count). The number of nitrogens with zero attached hydrogens (tertiary/aromatic N) is 1. The van der Waals surface area contributed by atoms with Crippen molar-refractivity contribution in [3.63, 3.8) is 0 Å². The van der Waals surface area contributed by atoms with Crippen LogP contribution in [0.5, 0.6) is 0 Å². The van der Waals surface area contributed by atoms with E-state index in [1.165, 1.54) is 6.42 Å². The Hall–Kier alpha value is 0.250. The van der Waals surface area contributed by atoms with Crippen LogP contribution in [0.25, 0.3) is 0 Å². The lowest BCUT2D eigenvalue weighted by molar-refractivity contribution is 0.354. The van der Waals surface area contributed by atoms with E-state index in [0.29, 0.717) is 6.00 Å². The molecule has 0 saturated heterocycles. The lowest BCUT2D eigenvalue weighted by Crippen LogP contribution is -2.18. The van der Waals surface area contributed by atoms with Gasteiger partial charge in [-0.25, -0.2) is 0 Å². The first kappa shape index (κ1) is 9.25. The molecular formula is C7H16ClN. The number of hydrogen-bond acceptors (Lipinski definition) is 1. The van der Waals surface area contributed by atoms with E-state index >= 15 is 0 Å². The Kier molecular flexibility index (Phi) is 5.21. The van der Waals surface area contributed by atoms with E-state index < -0.39 is 0 Å². The summed E-state index contributed by atoms with van der Waals surface area (Å²) in [7, 11) is 2.04. The molecule has 2 heteroatoms. The largest absolute Gasteiger partial charge is 0.293 e. The zero-order valence-electron chi connectivity index (χ0n) is 6.52. The number of halogens is 1. The summed E-state index contributed by atoms with van der Waals surface area (Å²) in [5, 5.41) is 0. The van der Waals surface area contributed by atoms with E-state index in [1.807, 2.05) is 7.05 Å². The fourth-order valence-electron chi connectivity index (χ4n) is 0.538. The third kappa shape index (κ3) is 6.13. The van der Waals surface area contributed by atoms with Crippen molar-refractivity contribution in [2.24, 2.45) is 5.92 Å². The summed E-state index contributed by atoms with van der Waals surface area (Å²) in [4.78, 5) is 2.11. The first-order valence-electron chi connectivity index (χ1n) is 3.41. The van der Waals surface area contributed by atoms with Crippen molar-refractivity contribution in [2.75, 3.05) is 19.6 Å². The molecule has 0 aromatic heterocycles. The van der Waals surface area contributed by atoms with Crippen LogP contribution in [0.3, 0.4) is 0 Å². The van der Waals surface area contributed by atoms with Crippen molar-refractivity contribution in [2.45, 2.75) is 20.3 Å². The van der Waals surface area contributed by atoms with Crippen molar-refractivity contribution in [3.8, 4) is 0 Å². The standard InChI is InChI=1S/C7H16ClN/c1-7(2)4-5-9(3)6-8/h7H,4-6H2,1-3H3. The van der Waals surface area contributed by atoms with Gasteiger partial charge in [-0.2, -0.15) is 0 Å². The summed E-state index contributed by atoms with van der Waals surface area (Å²) >= 11 is 5.56. The Morgan fingerprint density at radius 3 is 2.33 bits per heavy atom. The summed E-state index contributed by atoms with van der Waals surface area (Å²) in [6, 6.07) is 0.646. The van der Waals surface area contributed by atoms with E-state index in [-0.39, 0.29) is 0 Å². The first-order chi connectivity index (χ1) is 4.16. The second-order valence-electron chi connectivity index (χ2n) is 2.88. The monoisotopic (exact) mass is 149 g/mol. The van der Waals surface area contributed by atoms with Gasteiger partial charge in [-0.1, -0.05) is 13.8 Å². The quantitative estimate of drug-likeness (QED) is 0.438. The summed E-state index contributed by atoms with van der Waals surface area (Å²) in [6.45, 7) is 5.56. The molecule has 0 radical (unpaired) electrons. The number of rotatable bonds is 4. The molecule has 0 aromatic carbocycles. The summed E-state index contributed by atoms with van der Waals surface area (Å²) in [5.41, 5.74) is 0. The molecule has 0 amide bonds. The zero-order chi connectivity index (χ0) is 7.28. The predicted octanol–water partition coefficient (Wildman–Crippen LogP) is 2.16.